The van der Waals surface area contributed by atoms with Crippen molar-refractivity contribution in [2.75, 3.05) is 20.3 Å². The summed E-state index contributed by atoms with van der Waals surface area (Å²) in [5.41, 5.74) is 0. The lowest BCUT2D eigenvalue weighted by Gasteiger charge is -2.11. The smallest absolute Gasteiger partial charge is 0.319 e. The Morgan fingerprint density at radius 1 is 1.36 bits per heavy atom. The van der Waals surface area contributed by atoms with E-state index >= 15 is 0 Å². The number of hydrogen-bond donors (Lipinski definition) is 1. The van der Waals surface area contributed by atoms with Crippen LogP contribution in [0.25, 0.3) is 0 Å². The third-order valence-corrected chi connectivity index (χ3v) is 1.60. The Kier molecular flexibility index (Phi) is 6.74. The molecule has 0 saturated heterocycles. The highest BCUT2D eigenvalue weighted by Crippen LogP contribution is 1.92. The number of hydrogen-bond acceptors (Lipinski definition) is 5. The predicted octanol–water partition coefficient (Wildman–Crippen LogP) is 0.0907. The van der Waals surface area contributed by atoms with Crippen LogP contribution in [0.15, 0.2) is 0 Å². The first-order chi connectivity index (χ1) is 6.60. The second-order valence-electron chi connectivity index (χ2n) is 2.87. The van der Waals surface area contributed by atoms with Crippen LogP contribution in [0.5, 0.6) is 0 Å². The minimum Gasteiger partial charge on any atom is -0.469 e. The molecule has 0 aliphatic carbocycles. The monoisotopic (exact) mass is 203 g/mol. The van der Waals surface area contributed by atoms with Gasteiger partial charge in [0.15, 0.2) is 0 Å². The predicted molar refractivity (Wildman–Crippen MR) is 50.7 cm³/mol. The van der Waals surface area contributed by atoms with Gasteiger partial charge in [-0.05, 0) is 13.8 Å². The fraction of sp³-hybridized carbons (Fsp3) is 0.778. The molecule has 1 N–H and O–H groups in total. The van der Waals surface area contributed by atoms with Crippen molar-refractivity contribution in [2.45, 2.75) is 26.3 Å². The average molecular weight is 203 g/mol. The summed E-state index contributed by atoms with van der Waals surface area (Å²) in [6.07, 6.45) is 0.246. The molecule has 0 radical (unpaired) electrons. The normalized spacial score (nSPS) is 11.9. The van der Waals surface area contributed by atoms with Crippen molar-refractivity contribution in [3.63, 3.8) is 0 Å². The van der Waals surface area contributed by atoms with Gasteiger partial charge in [-0.2, -0.15) is 0 Å². The Balaban J connectivity index is 3.57. The third-order valence-electron chi connectivity index (χ3n) is 1.60. The zero-order valence-corrected chi connectivity index (χ0v) is 8.83. The van der Waals surface area contributed by atoms with E-state index in [2.05, 4.69) is 10.1 Å². The summed E-state index contributed by atoms with van der Waals surface area (Å²) in [6.45, 7) is 4.03. The van der Waals surface area contributed by atoms with E-state index in [-0.39, 0.29) is 30.9 Å². The van der Waals surface area contributed by atoms with Gasteiger partial charge in [0.05, 0.1) is 26.7 Å². The molecule has 14 heavy (non-hydrogen) atoms. The fourth-order valence-electron chi connectivity index (χ4n) is 0.875. The highest BCUT2D eigenvalue weighted by atomic mass is 16.5. The van der Waals surface area contributed by atoms with Gasteiger partial charge >= 0.3 is 11.9 Å². The maximum absolute atomic E-state index is 10.9. The molecular formula is C9H17NO4. The van der Waals surface area contributed by atoms with E-state index in [4.69, 9.17) is 4.74 Å². The summed E-state index contributed by atoms with van der Waals surface area (Å²) in [4.78, 5) is 21.7. The molecule has 0 heterocycles. The van der Waals surface area contributed by atoms with Crippen LogP contribution in [0.1, 0.15) is 20.3 Å². The van der Waals surface area contributed by atoms with E-state index in [1.165, 1.54) is 7.11 Å². The number of methoxy groups -OCH3 is 1. The van der Waals surface area contributed by atoms with Crippen molar-refractivity contribution >= 4 is 11.9 Å². The van der Waals surface area contributed by atoms with Crippen LogP contribution in [0, 0.1) is 0 Å². The number of nitrogens with one attached hydrogen (secondary N) is 1. The van der Waals surface area contributed by atoms with Crippen molar-refractivity contribution in [1.29, 1.82) is 0 Å². The minimum atomic E-state index is -0.316. The van der Waals surface area contributed by atoms with Crippen LogP contribution < -0.4 is 5.32 Å². The third kappa shape index (κ3) is 6.42. The van der Waals surface area contributed by atoms with Crippen molar-refractivity contribution in [3.05, 3.63) is 0 Å². The van der Waals surface area contributed by atoms with Crippen molar-refractivity contribution in [2.24, 2.45) is 0 Å². The SMILES string of the molecule is CCOC(=O)CNC(C)CC(=O)OC. The molecule has 1 atom stereocenters. The van der Waals surface area contributed by atoms with E-state index in [0.29, 0.717) is 6.61 Å². The van der Waals surface area contributed by atoms with E-state index in [1.54, 1.807) is 13.8 Å². The van der Waals surface area contributed by atoms with E-state index < -0.39 is 0 Å². The van der Waals surface area contributed by atoms with Gasteiger partial charge < -0.3 is 14.8 Å². The van der Waals surface area contributed by atoms with Crippen LogP contribution in [0.2, 0.25) is 0 Å². The molecule has 0 aromatic rings. The summed E-state index contributed by atoms with van der Waals surface area (Å²) in [7, 11) is 1.33. The largest absolute Gasteiger partial charge is 0.469 e. The Morgan fingerprint density at radius 2 is 2.00 bits per heavy atom. The van der Waals surface area contributed by atoms with E-state index in [9.17, 15) is 9.59 Å². The second-order valence-corrected chi connectivity index (χ2v) is 2.87. The Morgan fingerprint density at radius 3 is 2.50 bits per heavy atom. The number of carbonyl (C=O) groups excluding carboxylic acids is 2. The van der Waals surface area contributed by atoms with Crippen LogP contribution in [0.4, 0.5) is 0 Å². The lowest BCUT2D eigenvalue weighted by molar-refractivity contribution is -0.144. The standard InChI is InChI=1S/C9H17NO4/c1-4-14-9(12)6-10-7(2)5-8(11)13-3/h7,10H,4-6H2,1-3H3. The van der Waals surface area contributed by atoms with E-state index in [1.807, 2.05) is 0 Å². The molecule has 0 aromatic heterocycles. The maximum atomic E-state index is 10.9. The molecule has 5 nitrogen and oxygen atoms in total. The number of esters is 2. The zero-order chi connectivity index (χ0) is 11.0. The summed E-state index contributed by atoms with van der Waals surface area (Å²) in [5, 5.41) is 2.86. The fourth-order valence-corrected chi connectivity index (χ4v) is 0.875. The molecule has 0 aliphatic heterocycles. The van der Waals surface area contributed by atoms with Gasteiger partial charge in [0.25, 0.3) is 0 Å². The first-order valence-electron chi connectivity index (χ1n) is 4.56. The molecule has 0 amide bonds. The van der Waals surface area contributed by atoms with Gasteiger partial charge in [0.2, 0.25) is 0 Å². The lowest BCUT2D eigenvalue weighted by Crippen LogP contribution is -2.34. The zero-order valence-electron chi connectivity index (χ0n) is 8.83. The molecule has 0 spiro atoms. The molecule has 0 rings (SSSR count). The van der Waals surface area contributed by atoms with Gasteiger partial charge in [-0.1, -0.05) is 0 Å². The molecule has 0 aromatic carbocycles. The molecule has 0 aliphatic rings. The maximum Gasteiger partial charge on any atom is 0.319 e. The first-order valence-corrected chi connectivity index (χ1v) is 4.56. The Bertz CT molecular complexity index is 193. The molecule has 0 fully saturated rings. The van der Waals surface area contributed by atoms with Crippen LogP contribution in [-0.4, -0.2) is 38.2 Å². The van der Waals surface area contributed by atoms with Gasteiger partial charge in [-0.3, -0.25) is 9.59 Å². The van der Waals surface area contributed by atoms with Crippen LogP contribution in [0.3, 0.4) is 0 Å². The van der Waals surface area contributed by atoms with Crippen molar-refractivity contribution in [3.8, 4) is 0 Å². The lowest BCUT2D eigenvalue weighted by atomic mass is 10.2. The minimum absolute atomic E-state index is 0.0909. The summed E-state index contributed by atoms with van der Waals surface area (Å²) in [5.74, 6) is -0.613. The van der Waals surface area contributed by atoms with Gasteiger partial charge in [-0.15, -0.1) is 0 Å². The summed E-state index contributed by atoms with van der Waals surface area (Å²) < 4.78 is 9.19. The number of carbonyl (C=O) groups is 2. The quantitative estimate of drug-likeness (QED) is 0.620. The van der Waals surface area contributed by atoms with Crippen LogP contribution >= 0.6 is 0 Å². The molecule has 0 saturated carbocycles. The summed E-state index contributed by atoms with van der Waals surface area (Å²) in [6, 6.07) is -0.0909. The first kappa shape index (κ1) is 12.9. The average Bonchev–Trinajstić information content (AvgIpc) is 2.15. The molecular weight excluding hydrogens is 186 g/mol. The molecule has 82 valence electrons. The summed E-state index contributed by atoms with van der Waals surface area (Å²) >= 11 is 0. The Hall–Kier alpha value is -1.10. The van der Waals surface area contributed by atoms with Gasteiger partial charge in [0, 0.05) is 6.04 Å². The van der Waals surface area contributed by atoms with Gasteiger partial charge in [-0.25, -0.2) is 0 Å². The molecule has 5 heteroatoms. The second kappa shape index (κ2) is 7.32. The Labute approximate surface area is 83.8 Å². The number of ether oxygens (including phenoxy) is 2. The van der Waals surface area contributed by atoms with Crippen molar-refractivity contribution in [1.82, 2.24) is 5.32 Å². The highest BCUT2D eigenvalue weighted by molar-refractivity contribution is 5.72. The van der Waals surface area contributed by atoms with Gasteiger partial charge in [0.1, 0.15) is 0 Å². The van der Waals surface area contributed by atoms with Crippen molar-refractivity contribution < 1.29 is 19.1 Å². The number of rotatable bonds is 6. The molecule has 0 bridgehead atoms. The highest BCUT2D eigenvalue weighted by Gasteiger charge is 2.10. The van der Waals surface area contributed by atoms with E-state index in [0.717, 1.165) is 0 Å². The molecule has 1 unspecified atom stereocenters. The topological polar surface area (TPSA) is 64.6 Å². The van der Waals surface area contributed by atoms with Crippen LogP contribution in [-0.2, 0) is 19.1 Å².